The number of Topliss-reactive ketones (excluding diaryl/α,β-unsaturated/α-hetero) is 1. The van der Waals surface area contributed by atoms with Crippen molar-refractivity contribution in [2.45, 2.75) is 30.2 Å². The van der Waals surface area contributed by atoms with Crippen molar-refractivity contribution in [2.75, 3.05) is 12.4 Å². The molecular formula is C13H19ClN2O3S. The second-order valence-electron chi connectivity index (χ2n) is 4.37. The lowest BCUT2D eigenvalue weighted by atomic mass is 10.1. The fraction of sp³-hybridized carbons (Fsp3) is 0.462. The monoisotopic (exact) mass is 318 g/mol. The van der Waals surface area contributed by atoms with Gasteiger partial charge in [-0.15, -0.1) is 11.6 Å². The molecule has 0 unspecified atom stereocenters. The minimum atomic E-state index is -3.71. The predicted octanol–water partition coefficient (Wildman–Crippen LogP) is 1.27. The summed E-state index contributed by atoms with van der Waals surface area (Å²) >= 11 is 5.53. The molecule has 1 aromatic rings. The molecule has 0 aromatic heterocycles. The summed E-state index contributed by atoms with van der Waals surface area (Å²) in [5.41, 5.74) is 5.39. The SMILES string of the molecule is NCCCC[C@H](NS(=O)(=O)c1ccccc1)C(=O)CCl. The van der Waals surface area contributed by atoms with Gasteiger partial charge in [-0.1, -0.05) is 24.6 Å². The summed E-state index contributed by atoms with van der Waals surface area (Å²) < 4.78 is 26.7. The van der Waals surface area contributed by atoms with Gasteiger partial charge in [-0.25, -0.2) is 13.1 Å². The van der Waals surface area contributed by atoms with E-state index >= 15 is 0 Å². The highest BCUT2D eigenvalue weighted by Gasteiger charge is 2.24. The highest BCUT2D eigenvalue weighted by Crippen LogP contribution is 2.11. The van der Waals surface area contributed by atoms with Gasteiger partial charge in [0.25, 0.3) is 0 Å². The largest absolute Gasteiger partial charge is 0.330 e. The number of nitrogens with two attached hydrogens (primary N) is 1. The Bertz CT molecular complexity index is 520. The third-order valence-corrected chi connectivity index (χ3v) is 4.57. The van der Waals surface area contributed by atoms with E-state index in [1.54, 1.807) is 18.2 Å². The lowest BCUT2D eigenvalue weighted by molar-refractivity contribution is -0.118. The molecule has 0 saturated heterocycles. The Morgan fingerprint density at radius 3 is 2.45 bits per heavy atom. The quantitative estimate of drug-likeness (QED) is 0.530. The first-order valence-corrected chi connectivity index (χ1v) is 8.39. The summed E-state index contributed by atoms with van der Waals surface area (Å²) in [4.78, 5) is 11.9. The van der Waals surface area contributed by atoms with E-state index in [2.05, 4.69) is 4.72 Å². The molecule has 0 aliphatic carbocycles. The zero-order valence-electron chi connectivity index (χ0n) is 11.1. The van der Waals surface area contributed by atoms with E-state index in [9.17, 15) is 13.2 Å². The van der Waals surface area contributed by atoms with Gasteiger partial charge in [0, 0.05) is 0 Å². The Balaban J connectivity index is 2.80. The lowest BCUT2D eigenvalue weighted by Crippen LogP contribution is -2.41. The molecule has 0 aliphatic heterocycles. The summed E-state index contributed by atoms with van der Waals surface area (Å²) in [7, 11) is -3.71. The Labute approximate surface area is 124 Å². The number of unbranched alkanes of at least 4 members (excludes halogenated alkanes) is 1. The normalized spacial score (nSPS) is 13.1. The summed E-state index contributed by atoms with van der Waals surface area (Å²) in [6, 6.07) is 7.13. The zero-order valence-corrected chi connectivity index (χ0v) is 12.7. The Hall–Kier alpha value is -0.950. The molecule has 5 nitrogen and oxygen atoms in total. The second kappa shape index (κ2) is 8.36. The summed E-state index contributed by atoms with van der Waals surface area (Å²) in [6.07, 6.45) is 1.80. The highest BCUT2D eigenvalue weighted by molar-refractivity contribution is 7.89. The Kier molecular flexibility index (Phi) is 7.15. The molecule has 0 spiro atoms. The third-order valence-electron chi connectivity index (χ3n) is 2.82. The van der Waals surface area contributed by atoms with Gasteiger partial charge in [0.05, 0.1) is 16.8 Å². The molecule has 1 atom stereocenters. The van der Waals surface area contributed by atoms with E-state index in [0.29, 0.717) is 19.4 Å². The molecule has 112 valence electrons. The number of nitrogens with one attached hydrogen (secondary N) is 1. The van der Waals surface area contributed by atoms with E-state index in [-0.39, 0.29) is 16.6 Å². The molecule has 0 radical (unpaired) electrons. The van der Waals surface area contributed by atoms with Gasteiger partial charge < -0.3 is 5.73 Å². The number of hydrogen-bond acceptors (Lipinski definition) is 4. The molecule has 0 aliphatic rings. The van der Waals surface area contributed by atoms with Gasteiger partial charge >= 0.3 is 0 Å². The number of benzene rings is 1. The standard InChI is InChI=1S/C13H19ClN2O3S/c14-10-13(17)12(8-4-5-9-15)16-20(18,19)11-6-2-1-3-7-11/h1-3,6-7,12,16H,4-5,8-10,15H2/t12-/m0/s1. The number of alkyl halides is 1. The van der Waals surface area contributed by atoms with Crippen LogP contribution in [0.1, 0.15) is 19.3 Å². The maximum Gasteiger partial charge on any atom is 0.241 e. The van der Waals surface area contributed by atoms with Crippen molar-refractivity contribution in [3.63, 3.8) is 0 Å². The summed E-state index contributed by atoms with van der Waals surface area (Å²) in [5, 5.41) is 0. The Morgan fingerprint density at radius 1 is 1.25 bits per heavy atom. The van der Waals surface area contributed by atoms with Crippen LogP contribution in [0.4, 0.5) is 0 Å². The van der Waals surface area contributed by atoms with Crippen molar-refractivity contribution in [2.24, 2.45) is 5.73 Å². The molecular weight excluding hydrogens is 300 g/mol. The number of hydrogen-bond donors (Lipinski definition) is 2. The van der Waals surface area contributed by atoms with Crippen LogP contribution >= 0.6 is 11.6 Å². The maximum absolute atomic E-state index is 12.2. The average Bonchev–Trinajstić information content (AvgIpc) is 2.46. The smallest absolute Gasteiger partial charge is 0.241 e. The number of rotatable bonds is 9. The van der Waals surface area contributed by atoms with E-state index in [1.807, 2.05) is 0 Å². The molecule has 3 N–H and O–H groups in total. The van der Waals surface area contributed by atoms with Gasteiger partial charge in [-0.05, 0) is 31.5 Å². The zero-order chi connectivity index (χ0) is 15.0. The maximum atomic E-state index is 12.2. The van der Waals surface area contributed by atoms with Crippen LogP contribution in [0.2, 0.25) is 0 Å². The molecule has 0 bridgehead atoms. The van der Waals surface area contributed by atoms with Gasteiger partial charge in [-0.2, -0.15) is 0 Å². The topological polar surface area (TPSA) is 89.3 Å². The molecule has 0 saturated carbocycles. The van der Waals surface area contributed by atoms with Gasteiger partial charge in [0.1, 0.15) is 0 Å². The van der Waals surface area contributed by atoms with Crippen LogP contribution in [0.25, 0.3) is 0 Å². The fourth-order valence-corrected chi connectivity index (χ4v) is 3.19. The first-order chi connectivity index (χ1) is 9.51. The molecule has 0 fully saturated rings. The molecule has 0 amide bonds. The van der Waals surface area contributed by atoms with Gasteiger partial charge in [-0.3, -0.25) is 4.79 Å². The van der Waals surface area contributed by atoms with Crippen molar-refractivity contribution >= 4 is 27.4 Å². The third kappa shape index (κ3) is 5.20. The van der Waals surface area contributed by atoms with Gasteiger partial charge in [0.15, 0.2) is 5.78 Å². The minimum Gasteiger partial charge on any atom is -0.330 e. The van der Waals surface area contributed by atoms with E-state index < -0.39 is 16.1 Å². The molecule has 1 aromatic carbocycles. The minimum absolute atomic E-state index is 0.131. The Morgan fingerprint density at radius 2 is 1.90 bits per heavy atom. The first-order valence-electron chi connectivity index (χ1n) is 6.37. The average molecular weight is 319 g/mol. The van der Waals surface area contributed by atoms with Crippen molar-refractivity contribution in [1.82, 2.24) is 4.72 Å². The van der Waals surface area contributed by atoms with Crippen LogP contribution < -0.4 is 10.5 Å². The number of carbonyl (C=O) groups excluding carboxylic acids is 1. The van der Waals surface area contributed by atoms with Crippen LogP contribution in [0.3, 0.4) is 0 Å². The molecule has 0 heterocycles. The lowest BCUT2D eigenvalue weighted by Gasteiger charge is -2.16. The first kappa shape index (κ1) is 17.1. The van der Waals surface area contributed by atoms with Crippen LogP contribution in [-0.4, -0.2) is 32.7 Å². The van der Waals surface area contributed by atoms with E-state index in [4.69, 9.17) is 17.3 Å². The molecule has 1 rings (SSSR count). The van der Waals surface area contributed by atoms with Crippen LogP contribution in [-0.2, 0) is 14.8 Å². The number of sulfonamides is 1. The number of halogens is 1. The van der Waals surface area contributed by atoms with Crippen LogP contribution in [0.5, 0.6) is 0 Å². The second-order valence-corrected chi connectivity index (χ2v) is 6.35. The van der Waals surface area contributed by atoms with Crippen molar-refractivity contribution < 1.29 is 13.2 Å². The van der Waals surface area contributed by atoms with Crippen LogP contribution in [0, 0.1) is 0 Å². The van der Waals surface area contributed by atoms with E-state index in [0.717, 1.165) is 6.42 Å². The van der Waals surface area contributed by atoms with Crippen LogP contribution in [0.15, 0.2) is 35.2 Å². The number of carbonyl (C=O) groups is 1. The number of ketones is 1. The fourth-order valence-electron chi connectivity index (χ4n) is 1.73. The molecule has 20 heavy (non-hydrogen) atoms. The van der Waals surface area contributed by atoms with Gasteiger partial charge in [0.2, 0.25) is 10.0 Å². The van der Waals surface area contributed by atoms with Crippen molar-refractivity contribution in [3.8, 4) is 0 Å². The van der Waals surface area contributed by atoms with Crippen molar-refractivity contribution in [3.05, 3.63) is 30.3 Å². The van der Waals surface area contributed by atoms with Crippen molar-refractivity contribution in [1.29, 1.82) is 0 Å². The highest BCUT2D eigenvalue weighted by atomic mass is 35.5. The summed E-state index contributed by atoms with van der Waals surface area (Å²) in [6.45, 7) is 0.507. The molecule has 7 heteroatoms. The van der Waals surface area contributed by atoms with E-state index in [1.165, 1.54) is 12.1 Å². The predicted molar refractivity (Wildman–Crippen MR) is 79.2 cm³/mol. The summed E-state index contributed by atoms with van der Waals surface area (Å²) in [5.74, 6) is -0.548.